The minimum Gasteiger partial charge on any atom is -0.457 e. The topological polar surface area (TPSA) is 47.0 Å². The number of aromatic nitrogens is 2. The Morgan fingerprint density at radius 2 is 1.81 bits per heavy atom. The van der Waals surface area contributed by atoms with Gasteiger partial charge in [-0.05, 0) is 48.4 Å². The highest BCUT2D eigenvalue weighted by Crippen LogP contribution is 2.25. The zero-order valence-corrected chi connectivity index (χ0v) is 15.5. The Bertz CT molecular complexity index is 987. The number of nitrogens with one attached hydrogen (secondary N) is 1. The van der Waals surface area contributed by atoms with E-state index in [0.29, 0.717) is 0 Å². The lowest BCUT2D eigenvalue weighted by atomic mass is 10.1. The molecule has 134 valence electrons. The molecule has 5 heteroatoms. The normalized spacial score (nSPS) is 10.5. The van der Waals surface area contributed by atoms with Crippen molar-refractivity contribution in [3.8, 4) is 22.8 Å². The number of ether oxygens (including phenoxy) is 1. The van der Waals surface area contributed by atoms with Gasteiger partial charge in [-0.1, -0.05) is 30.3 Å². The molecule has 0 unspecified atom stereocenters. The zero-order valence-electron chi connectivity index (χ0n) is 14.7. The van der Waals surface area contributed by atoms with E-state index < -0.39 is 0 Å². The number of nitrogens with zero attached hydrogens (tertiary/aromatic N) is 2. The van der Waals surface area contributed by atoms with E-state index >= 15 is 0 Å². The molecule has 2 aromatic heterocycles. The fourth-order valence-corrected chi connectivity index (χ4v) is 3.45. The molecule has 2 heterocycles. The molecular weight excluding hydrogens is 354 g/mol. The van der Waals surface area contributed by atoms with Crippen LogP contribution in [0.3, 0.4) is 0 Å². The number of thiazole rings is 1. The van der Waals surface area contributed by atoms with Gasteiger partial charge in [0.05, 0.1) is 5.69 Å². The molecule has 0 amide bonds. The van der Waals surface area contributed by atoms with Crippen LogP contribution in [0, 0.1) is 0 Å². The minimum atomic E-state index is 0.814. The molecule has 2 aromatic carbocycles. The van der Waals surface area contributed by atoms with Crippen molar-refractivity contribution < 1.29 is 4.74 Å². The monoisotopic (exact) mass is 373 g/mol. The van der Waals surface area contributed by atoms with Gasteiger partial charge in [-0.25, -0.2) is 4.98 Å². The van der Waals surface area contributed by atoms with Gasteiger partial charge in [0.2, 0.25) is 0 Å². The van der Waals surface area contributed by atoms with Crippen LogP contribution in [-0.2, 0) is 6.42 Å². The molecule has 0 atom stereocenters. The molecule has 0 aliphatic heterocycles. The summed E-state index contributed by atoms with van der Waals surface area (Å²) in [5.41, 5.74) is 3.21. The molecule has 0 radical (unpaired) electrons. The molecule has 0 saturated heterocycles. The molecule has 0 spiro atoms. The molecule has 1 N–H and O–H groups in total. The minimum absolute atomic E-state index is 0.814. The van der Waals surface area contributed by atoms with Crippen LogP contribution in [0.4, 0.5) is 5.13 Å². The molecule has 0 saturated carbocycles. The second kappa shape index (κ2) is 8.47. The van der Waals surface area contributed by atoms with Gasteiger partial charge in [-0.2, -0.15) is 0 Å². The Morgan fingerprint density at radius 3 is 2.67 bits per heavy atom. The summed E-state index contributed by atoms with van der Waals surface area (Å²) in [5.74, 6) is 1.70. The highest BCUT2D eigenvalue weighted by atomic mass is 32.1. The van der Waals surface area contributed by atoms with Gasteiger partial charge in [0, 0.05) is 29.9 Å². The first kappa shape index (κ1) is 17.2. The van der Waals surface area contributed by atoms with Gasteiger partial charge in [0.15, 0.2) is 5.13 Å². The van der Waals surface area contributed by atoms with Crippen molar-refractivity contribution in [3.63, 3.8) is 0 Å². The van der Waals surface area contributed by atoms with Gasteiger partial charge in [-0.15, -0.1) is 11.3 Å². The summed E-state index contributed by atoms with van der Waals surface area (Å²) in [6.45, 7) is 0.814. The highest BCUT2D eigenvalue weighted by Gasteiger charge is 2.04. The molecule has 0 bridgehead atoms. The molecular formula is C22H19N3OS. The lowest BCUT2D eigenvalue weighted by molar-refractivity contribution is 0.482. The van der Waals surface area contributed by atoms with Crippen molar-refractivity contribution in [1.82, 2.24) is 9.97 Å². The van der Waals surface area contributed by atoms with Gasteiger partial charge >= 0.3 is 0 Å². The van der Waals surface area contributed by atoms with Crippen molar-refractivity contribution in [2.24, 2.45) is 0 Å². The van der Waals surface area contributed by atoms with Crippen LogP contribution in [-0.4, -0.2) is 16.5 Å². The van der Waals surface area contributed by atoms with Crippen LogP contribution in [0.2, 0.25) is 0 Å². The van der Waals surface area contributed by atoms with Gasteiger partial charge in [-0.3, -0.25) is 4.98 Å². The zero-order chi connectivity index (χ0) is 18.3. The van der Waals surface area contributed by atoms with E-state index in [0.717, 1.165) is 40.9 Å². The van der Waals surface area contributed by atoms with E-state index in [1.54, 1.807) is 17.5 Å². The summed E-state index contributed by atoms with van der Waals surface area (Å²) < 4.78 is 5.90. The number of pyridine rings is 1. The summed E-state index contributed by atoms with van der Waals surface area (Å²) in [6.07, 6.45) is 4.50. The van der Waals surface area contributed by atoms with Gasteiger partial charge < -0.3 is 10.1 Å². The molecule has 27 heavy (non-hydrogen) atoms. The van der Waals surface area contributed by atoms with Crippen molar-refractivity contribution in [2.75, 3.05) is 11.9 Å². The van der Waals surface area contributed by atoms with E-state index in [1.807, 2.05) is 66.2 Å². The van der Waals surface area contributed by atoms with E-state index in [2.05, 4.69) is 27.4 Å². The van der Waals surface area contributed by atoms with Gasteiger partial charge in [0.25, 0.3) is 0 Å². The van der Waals surface area contributed by atoms with Crippen molar-refractivity contribution >= 4 is 16.5 Å². The summed E-state index contributed by atoms with van der Waals surface area (Å²) in [5, 5.41) is 6.37. The number of hydrogen-bond acceptors (Lipinski definition) is 5. The largest absolute Gasteiger partial charge is 0.457 e. The summed E-state index contributed by atoms with van der Waals surface area (Å²) in [7, 11) is 0. The van der Waals surface area contributed by atoms with Crippen molar-refractivity contribution in [3.05, 3.63) is 90.1 Å². The summed E-state index contributed by atoms with van der Waals surface area (Å²) in [4.78, 5) is 8.77. The predicted octanol–water partition coefficient (Wildman–Crippen LogP) is 5.65. The summed E-state index contributed by atoms with van der Waals surface area (Å²) in [6, 6.07) is 22.0. The number of rotatable bonds is 7. The first-order valence-electron chi connectivity index (χ1n) is 8.78. The Hall–Kier alpha value is -3.18. The third kappa shape index (κ3) is 4.71. The van der Waals surface area contributed by atoms with Crippen LogP contribution in [0.1, 0.15) is 5.56 Å². The van der Waals surface area contributed by atoms with Crippen LogP contribution in [0.15, 0.2) is 84.5 Å². The Kier molecular flexibility index (Phi) is 5.41. The average molecular weight is 373 g/mol. The number of para-hydroxylation sites is 1. The molecule has 4 aromatic rings. The van der Waals surface area contributed by atoms with E-state index in [-0.39, 0.29) is 0 Å². The van der Waals surface area contributed by atoms with Crippen molar-refractivity contribution in [2.45, 2.75) is 6.42 Å². The Balaban J connectivity index is 1.33. The third-order valence-corrected chi connectivity index (χ3v) is 4.83. The maximum atomic E-state index is 5.90. The lowest BCUT2D eigenvalue weighted by Crippen LogP contribution is -2.04. The highest BCUT2D eigenvalue weighted by molar-refractivity contribution is 7.14. The SMILES string of the molecule is c1ccc(Oc2cccc(CCNc3nc(-c4cccnc4)cs3)c2)cc1. The molecule has 0 aliphatic rings. The number of benzene rings is 2. The lowest BCUT2D eigenvalue weighted by Gasteiger charge is -2.08. The Labute approximate surface area is 162 Å². The standard InChI is InChI=1S/C22H19N3OS/c1-2-8-19(9-3-1)26-20-10-4-6-17(14-20)11-13-24-22-25-21(16-27-22)18-7-5-12-23-15-18/h1-10,12,14-16H,11,13H2,(H,24,25). The smallest absolute Gasteiger partial charge is 0.183 e. The molecule has 4 nitrogen and oxygen atoms in total. The van der Waals surface area contributed by atoms with E-state index in [9.17, 15) is 0 Å². The first-order valence-corrected chi connectivity index (χ1v) is 9.66. The fraction of sp³-hybridized carbons (Fsp3) is 0.0909. The van der Waals surface area contributed by atoms with Crippen LogP contribution >= 0.6 is 11.3 Å². The predicted molar refractivity (Wildman–Crippen MR) is 110 cm³/mol. The second-order valence-electron chi connectivity index (χ2n) is 6.02. The van der Waals surface area contributed by atoms with Crippen LogP contribution in [0.25, 0.3) is 11.3 Å². The van der Waals surface area contributed by atoms with Crippen molar-refractivity contribution in [1.29, 1.82) is 0 Å². The van der Waals surface area contributed by atoms with E-state index in [4.69, 9.17) is 4.74 Å². The van der Waals surface area contributed by atoms with Crippen LogP contribution < -0.4 is 10.1 Å². The number of anilines is 1. The Morgan fingerprint density at radius 1 is 0.926 bits per heavy atom. The average Bonchev–Trinajstić information content (AvgIpc) is 3.19. The second-order valence-corrected chi connectivity index (χ2v) is 6.88. The van der Waals surface area contributed by atoms with Crippen LogP contribution in [0.5, 0.6) is 11.5 Å². The maximum Gasteiger partial charge on any atom is 0.183 e. The first-order chi connectivity index (χ1) is 13.4. The molecule has 0 aliphatic carbocycles. The van der Waals surface area contributed by atoms with E-state index in [1.165, 1.54) is 5.56 Å². The van der Waals surface area contributed by atoms with Gasteiger partial charge in [0.1, 0.15) is 11.5 Å². The quantitative estimate of drug-likeness (QED) is 0.454. The molecule has 4 rings (SSSR count). The summed E-state index contributed by atoms with van der Waals surface area (Å²) >= 11 is 1.61. The fourth-order valence-electron chi connectivity index (χ4n) is 2.70. The molecule has 0 fully saturated rings. The third-order valence-electron chi connectivity index (χ3n) is 4.03. The number of hydrogen-bond donors (Lipinski definition) is 1. The maximum absolute atomic E-state index is 5.90.